The number of halogens is 2. The van der Waals surface area contributed by atoms with Crippen LogP contribution in [-0.2, 0) is 0 Å². The molecule has 0 atom stereocenters. The van der Waals surface area contributed by atoms with E-state index >= 15 is 0 Å². The third-order valence-corrected chi connectivity index (χ3v) is 5.12. The Labute approximate surface area is 186 Å². The van der Waals surface area contributed by atoms with Crippen molar-refractivity contribution in [3.8, 4) is 28.4 Å². The third-order valence-electron chi connectivity index (χ3n) is 4.37. The molecule has 9 nitrogen and oxygen atoms in total. The van der Waals surface area contributed by atoms with E-state index in [1.165, 1.54) is 39.1 Å². The molecule has 158 valence electrons. The van der Waals surface area contributed by atoms with E-state index in [2.05, 4.69) is 25.3 Å². The molecule has 0 aliphatic rings. The number of hydrogen-bond donors (Lipinski definition) is 2. The first-order valence-electron chi connectivity index (χ1n) is 8.84. The lowest BCUT2D eigenvalue weighted by molar-refractivity contribution is 0.215. The first-order chi connectivity index (χ1) is 15.0. The first-order valence-corrected chi connectivity index (χ1v) is 9.60. The molecule has 4 rings (SSSR count). The first kappa shape index (κ1) is 20.7. The van der Waals surface area contributed by atoms with E-state index in [9.17, 15) is 4.79 Å². The average molecular weight is 460 g/mol. The van der Waals surface area contributed by atoms with Gasteiger partial charge in [0.25, 0.3) is 0 Å². The fourth-order valence-corrected chi connectivity index (χ4v) is 3.70. The molecule has 2 heterocycles. The van der Waals surface area contributed by atoms with Crippen molar-refractivity contribution < 1.29 is 19.0 Å². The number of carbonyl (C=O) groups is 1. The zero-order chi connectivity index (χ0) is 22.0. The number of ether oxygens (including phenoxy) is 3. The molecular weight excluding hydrogens is 445 g/mol. The van der Waals surface area contributed by atoms with Gasteiger partial charge in [-0.15, -0.1) is 0 Å². The highest BCUT2D eigenvalue weighted by atomic mass is 35.5. The summed E-state index contributed by atoms with van der Waals surface area (Å²) < 4.78 is 16.1. The molecule has 31 heavy (non-hydrogen) atoms. The number of fused-ring (bicyclic) bond motifs is 1. The lowest BCUT2D eigenvalue weighted by Crippen LogP contribution is -2.17. The molecular formula is C20H15Cl2N5O4. The van der Waals surface area contributed by atoms with Crippen LogP contribution in [0.15, 0.2) is 43.1 Å². The topological polar surface area (TPSA) is 111 Å². The van der Waals surface area contributed by atoms with Gasteiger partial charge in [0.05, 0.1) is 36.8 Å². The number of nitrogens with zero attached hydrogens (tertiary/aromatic N) is 3. The van der Waals surface area contributed by atoms with Crippen molar-refractivity contribution >= 4 is 46.1 Å². The molecule has 2 aromatic carbocycles. The molecule has 0 spiro atoms. The minimum absolute atomic E-state index is 0.200. The molecule has 0 saturated carbocycles. The van der Waals surface area contributed by atoms with Crippen LogP contribution in [0.2, 0.25) is 10.0 Å². The summed E-state index contributed by atoms with van der Waals surface area (Å²) in [5, 5.41) is 3.09. The van der Waals surface area contributed by atoms with Gasteiger partial charge in [-0.3, -0.25) is 10.3 Å². The highest BCUT2D eigenvalue weighted by Crippen LogP contribution is 2.47. The number of aromatic amines is 1. The molecule has 0 aliphatic carbocycles. The van der Waals surface area contributed by atoms with Gasteiger partial charge in [-0.25, -0.2) is 14.8 Å². The smallest absolute Gasteiger partial charge is 0.418 e. The van der Waals surface area contributed by atoms with Gasteiger partial charge in [0, 0.05) is 29.6 Å². The summed E-state index contributed by atoms with van der Waals surface area (Å²) in [6, 6.07) is 4.86. The Morgan fingerprint density at radius 3 is 2.29 bits per heavy atom. The van der Waals surface area contributed by atoms with Crippen molar-refractivity contribution in [2.24, 2.45) is 0 Å². The quantitative estimate of drug-likeness (QED) is 0.433. The van der Waals surface area contributed by atoms with Crippen LogP contribution in [0.3, 0.4) is 0 Å². The Balaban J connectivity index is 1.82. The molecule has 0 radical (unpaired) electrons. The SMILES string of the molecule is COc1cc(OC)c(Cl)c(-c2ccc(OC(=O)Nc3cnc[nH]3)c3nccnc23)c1Cl. The lowest BCUT2D eigenvalue weighted by Gasteiger charge is -2.16. The van der Waals surface area contributed by atoms with Gasteiger partial charge in [0.15, 0.2) is 5.75 Å². The number of aromatic nitrogens is 4. The van der Waals surface area contributed by atoms with Crippen LogP contribution < -0.4 is 19.5 Å². The minimum Gasteiger partial charge on any atom is -0.495 e. The van der Waals surface area contributed by atoms with Crippen molar-refractivity contribution in [1.29, 1.82) is 0 Å². The molecule has 0 bridgehead atoms. The third kappa shape index (κ3) is 3.92. The van der Waals surface area contributed by atoms with Gasteiger partial charge >= 0.3 is 6.09 Å². The number of H-pyrrole nitrogens is 1. The maximum absolute atomic E-state index is 12.2. The summed E-state index contributed by atoms with van der Waals surface area (Å²) in [6.07, 6.45) is 5.16. The van der Waals surface area contributed by atoms with Gasteiger partial charge in [-0.05, 0) is 12.1 Å². The molecule has 1 amide bonds. The van der Waals surface area contributed by atoms with Gasteiger partial charge in [-0.1, -0.05) is 23.2 Å². The van der Waals surface area contributed by atoms with E-state index in [-0.39, 0.29) is 15.8 Å². The maximum atomic E-state index is 12.2. The number of anilines is 1. The average Bonchev–Trinajstić information content (AvgIpc) is 3.28. The maximum Gasteiger partial charge on any atom is 0.418 e. The Kier molecular flexibility index (Phi) is 5.79. The van der Waals surface area contributed by atoms with Gasteiger partial charge in [-0.2, -0.15) is 0 Å². The highest BCUT2D eigenvalue weighted by molar-refractivity contribution is 6.41. The second-order valence-corrected chi connectivity index (χ2v) is 6.88. The zero-order valence-electron chi connectivity index (χ0n) is 16.3. The monoisotopic (exact) mass is 459 g/mol. The number of methoxy groups -OCH3 is 2. The lowest BCUT2D eigenvalue weighted by atomic mass is 10.0. The van der Waals surface area contributed by atoms with E-state index in [0.717, 1.165) is 0 Å². The number of rotatable bonds is 5. The van der Waals surface area contributed by atoms with Crippen LogP contribution in [0.5, 0.6) is 17.2 Å². The normalized spacial score (nSPS) is 10.7. The molecule has 0 aliphatic heterocycles. The molecule has 0 fully saturated rings. The zero-order valence-corrected chi connectivity index (χ0v) is 17.8. The Hall–Kier alpha value is -3.56. The predicted molar refractivity (Wildman–Crippen MR) is 116 cm³/mol. The summed E-state index contributed by atoms with van der Waals surface area (Å²) in [5.41, 5.74) is 1.79. The van der Waals surface area contributed by atoms with E-state index in [0.29, 0.717) is 39.5 Å². The van der Waals surface area contributed by atoms with Crippen molar-refractivity contribution in [1.82, 2.24) is 19.9 Å². The van der Waals surface area contributed by atoms with E-state index in [1.54, 1.807) is 18.2 Å². The van der Waals surface area contributed by atoms with Crippen LogP contribution >= 0.6 is 23.2 Å². The summed E-state index contributed by atoms with van der Waals surface area (Å²) in [4.78, 5) is 27.6. The van der Waals surface area contributed by atoms with Crippen molar-refractivity contribution in [2.45, 2.75) is 0 Å². The molecule has 0 saturated heterocycles. The van der Waals surface area contributed by atoms with Gasteiger partial charge in [0.1, 0.15) is 28.4 Å². The van der Waals surface area contributed by atoms with E-state index in [4.69, 9.17) is 37.4 Å². The largest absolute Gasteiger partial charge is 0.495 e. The molecule has 11 heteroatoms. The fourth-order valence-electron chi connectivity index (χ4n) is 3.00. The number of nitrogens with one attached hydrogen (secondary N) is 2. The second kappa shape index (κ2) is 8.66. The summed E-state index contributed by atoms with van der Waals surface area (Å²) in [7, 11) is 2.98. The van der Waals surface area contributed by atoms with E-state index in [1.807, 2.05) is 0 Å². The number of carbonyl (C=O) groups excluding carboxylic acids is 1. The van der Waals surface area contributed by atoms with Gasteiger partial charge in [0.2, 0.25) is 0 Å². The molecule has 2 N–H and O–H groups in total. The number of amides is 1. The summed E-state index contributed by atoms with van der Waals surface area (Å²) in [5.74, 6) is 1.36. The predicted octanol–water partition coefficient (Wildman–Crippen LogP) is 4.95. The number of benzene rings is 2. The molecule has 2 aromatic heterocycles. The minimum atomic E-state index is -0.719. The molecule has 0 unspecified atom stereocenters. The molecule has 4 aromatic rings. The Morgan fingerprint density at radius 1 is 1.00 bits per heavy atom. The van der Waals surface area contributed by atoms with Crippen molar-refractivity contribution in [3.63, 3.8) is 0 Å². The van der Waals surface area contributed by atoms with Gasteiger partial charge < -0.3 is 19.2 Å². The van der Waals surface area contributed by atoms with Crippen LogP contribution in [0, 0.1) is 0 Å². The van der Waals surface area contributed by atoms with Crippen LogP contribution in [0.1, 0.15) is 0 Å². The highest BCUT2D eigenvalue weighted by Gasteiger charge is 2.22. The van der Waals surface area contributed by atoms with Crippen LogP contribution in [-0.4, -0.2) is 40.2 Å². The number of imidazole rings is 1. The van der Waals surface area contributed by atoms with Crippen molar-refractivity contribution in [3.05, 3.63) is 53.2 Å². The standard InChI is InChI=1S/C20H15Cl2N5O4/c1-29-12-7-13(30-2)17(22)15(16(12)21)10-3-4-11(19-18(10)24-5-6-25-19)31-20(28)27-14-8-23-9-26-14/h3-9H,1-2H3,(H,23,26)(H,27,28). The Morgan fingerprint density at radius 2 is 1.68 bits per heavy atom. The van der Waals surface area contributed by atoms with E-state index < -0.39 is 6.09 Å². The number of hydrogen-bond acceptors (Lipinski definition) is 7. The van der Waals surface area contributed by atoms with Crippen LogP contribution in [0.25, 0.3) is 22.2 Å². The fraction of sp³-hybridized carbons (Fsp3) is 0.100. The van der Waals surface area contributed by atoms with Crippen LogP contribution in [0.4, 0.5) is 10.6 Å². The second-order valence-electron chi connectivity index (χ2n) is 6.13. The summed E-state index contributed by atoms with van der Waals surface area (Å²) >= 11 is 13.1. The van der Waals surface area contributed by atoms with Crippen molar-refractivity contribution in [2.75, 3.05) is 19.5 Å². The Bertz CT molecular complexity index is 1240. The summed E-state index contributed by atoms with van der Waals surface area (Å²) in [6.45, 7) is 0.